The van der Waals surface area contributed by atoms with Crippen LogP contribution < -0.4 is 10.2 Å². The van der Waals surface area contributed by atoms with E-state index >= 15 is 0 Å². The molecule has 3 aromatic rings. The van der Waals surface area contributed by atoms with Gasteiger partial charge in [-0.1, -0.05) is 17.7 Å². The zero-order chi connectivity index (χ0) is 17.6. The number of nitrogens with zero attached hydrogens (tertiary/aromatic N) is 4. The molecule has 0 aliphatic rings. The average molecular weight is 354 g/mol. The molecule has 2 aromatic heterocycles. The summed E-state index contributed by atoms with van der Waals surface area (Å²) in [5.41, 5.74) is 3.18. The molecule has 6 heteroatoms. The summed E-state index contributed by atoms with van der Waals surface area (Å²) in [6.45, 7) is 2.80. The van der Waals surface area contributed by atoms with Gasteiger partial charge in [0, 0.05) is 42.9 Å². The van der Waals surface area contributed by atoms with E-state index in [4.69, 9.17) is 11.6 Å². The summed E-state index contributed by atoms with van der Waals surface area (Å²) in [6.07, 6.45) is 6.29. The quantitative estimate of drug-likeness (QED) is 0.717. The minimum Gasteiger partial charge on any atom is -0.343 e. The molecule has 0 unspecified atom stereocenters. The molecule has 2 heterocycles. The van der Waals surface area contributed by atoms with Crippen molar-refractivity contribution in [2.45, 2.75) is 13.3 Å². The fraction of sp³-hybridized carbons (Fsp3) is 0.211. The van der Waals surface area contributed by atoms with E-state index in [2.05, 4.69) is 20.3 Å². The maximum absolute atomic E-state index is 6.18. The Bertz CT molecular complexity index is 838. The highest BCUT2D eigenvalue weighted by molar-refractivity contribution is 6.31. The molecule has 0 amide bonds. The van der Waals surface area contributed by atoms with Gasteiger partial charge in [0.25, 0.3) is 0 Å². The molecule has 0 aliphatic heterocycles. The Balaban J connectivity index is 1.69. The lowest BCUT2D eigenvalue weighted by Crippen LogP contribution is -2.22. The van der Waals surface area contributed by atoms with E-state index < -0.39 is 0 Å². The lowest BCUT2D eigenvalue weighted by molar-refractivity contribution is 0.837. The zero-order valence-corrected chi connectivity index (χ0v) is 15.0. The lowest BCUT2D eigenvalue weighted by Gasteiger charge is -2.18. The molecule has 0 saturated carbocycles. The van der Waals surface area contributed by atoms with Gasteiger partial charge in [-0.05, 0) is 54.8 Å². The number of aromatic nitrogens is 3. The second kappa shape index (κ2) is 7.94. The number of rotatable bonds is 6. The molecule has 0 radical (unpaired) electrons. The molecule has 0 saturated heterocycles. The van der Waals surface area contributed by atoms with Crippen LogP contribution in [0.3, 0.4) is 0 Å². The van der Waals surface area contributed by atoms with Crippen LogP contribution in [-0.2, 0) is 6.42 Å². The number of hydrogen-bond donors (Lipinski definition) is 1. The molecule has 25 heavy (non-hydrogen) atoms. The third-order valence-electron chi connectivity index (χ3n) is 4.00. The SMILES string of the molecule is Cc1c(Cl)cccc1Nc1ccnc(N(C)CCc2ccncc2)n1. The highest BCUT2D eigenvalue weighted by Crippen LogP contribution is 2.25. The van der Waals surface area contributed by atoms with Crippen LogP contribution in [0.1, 0.15) is 11.1 Å². The first-order valence-electron chi connectivity index (χ1n) is 8.09. The molecule has 0 fully saturated rings. The topological polar surface area (TPSA) is 53.9 Å². The number of halogens is 1. The van der Waals surface area contributed by atoms with Crippen LogP contribution in [0.2, 0.25) is 5.02 Å². The molecule has 1 aromatic carbocycles. The molecule has 5 nitrogen and oxygen atoms in total. The van der Waals surface area contributed by atoms with E-state index in [1.165, 1.54) is 5.56 Å². The van der Waals surface area contributed by atoms with Crippen molar-refractivity contribution in [3.63, 3.8) is 0 Å². The largest absolute Gasteiger partial charge is 0.343 e. The molecule has 3 rings (SSSR count). The Morgan fingerprint density at radius 3 is 2.68 bits per heavy atom. The van der Waals surface area contributed by atoms with E-state index in [0.717, 1.165) is 35.1 Å². The van der Waals surface area contributed by atoms with Gasteiger partial charge in [0.1, 0.15) is 5.82 Å². The van der Waals surface area contributed by atoms with Crippen LogP contribution in [0.4, 0.5) is 17.5 Å². The first-order chi connectivity index (χ1) is 12.1. The maximum Gasteiger partial charge on any atom is 0.227 e. The van der Waals surface area contributed by atoms with Gasteiger partial charge in [-0.15, -0.1) is 0 Å². The summed E-state index contributed by atoms with van der Waals surface area (Å²) in [7, 11) is 1.99. The molecular weight excluding hydrogens is 334 g/mol. The summed E-state index contributed by atoms with van der Waals surface area (Å²) in [6, 6.07) is 11.7. The molecule has 0 atom stereocenters. The van der Waals surface area contributed by atoms with Gasteiger partial charge in [0.05, 0.1) is 0 Å². The molecule has 0 spiro atoms. The van der Waals surface area contributed by atoms with Gasteiger partial charge in [0.2, 0.25) is 5.95 Å². The number of nitrogens with one attached hydrogen (secondary N) is 1. The van der Waals surface area contributed by atoms with Crippen LogP contribution in [0.25, 0.3) is 0 Å². The van der Waals surface area contributed by atoms with Gasteiger partial charge in [-0.25, -0.2) is 4.98 Å². The zero-order valence-electron chi connectivity index (χ0n) is 14.3. The van der Waals surface area contributed by atoms with E-state index in [0.29, 0.717) is 5.95 Å². The highest BCUT2D eigenvalue weighted by atomic mass is 35.5. The normalized spacial score (nSPS) is 10.5. The van der Waals surface area contributed by atoms with E-state index in [9.17, 15) is 0 Å². The lowest BCUT2D eigenvalue weighted by atomic mass is 10.2. The van der Waals surface area contributed by atoms with Crippen molar-refractivity contribution in [2.75, 3.05) is 23.8 Å². The van der Waals surface area contributed by atoms with Crippen LogP contribution in [-0.4, -0.2) is 28.5 Å². The molecule has 0 aliphatic carbocycles. The van der Waals surface area contributed by atoms with Crippen molar-refractivity contribution in [1.29, 1.82) is 0 Å². The predicted octanol–water partition coefficient (Wildman–Crippen LogP) is 4.26. The Hall–Kier alpha value is -2.66. The average Bonchev–Trinajstić information content (AvgIpc) is 2.64. The third kappa shape index (κ3) is 4.45. The number of benzene rings is 1. The molecule has 1 N–H and O–H groups in total. The van der Waals surface area contributed by atoms with E-state index in [-0.39, 0.29) is 0 Å². The Labute approximate surface area is 152 Å². The van der Waals surface area contributed by atoms with Crippen molar-refractivity contribution in [3.8, 4) is 0 Å². The minimum atomic E-state index is 0.679. The smallest absolute Gasteiger partial charge is 0.227 e. The summed E-state index contributed by atoms with van der Waals surface area (Å²) in [5, 5.41) is 4.04. The van der Waals surface area contributed by atoms with Crippen molar-refractivity contribution < 1.29 is 0 Å². The maximum atomic E-state index is 6.18. The Morgan fingerprint density at radius 2 is 1.88 bits per heavy atom. The minimum absolute atomic E-state index is 0.679. The fourth-order valence-corrected chi connectivity index (χ4v) is 2.60. The Kier molecular flexibility index (Phi) is 5.46. The number of likely N-dealkylation sites (N-methyl/N-ethyl adjacent to an activating group) is 1. The fourth-order valence-electron chi connectivity index (χ4n) is 2.43. The van der Waals surface area contributed by atoms with Crippen molar-refractivity contribution in [3.05, 3.63) is 71.1 Å². The summed E-state index contributed by atoms with van der Waals surface area (Å²) in [4.78, 5) is 15.0. The number of hydrogen-bond acceptors (Lipinski definition) is 5. The third-order valence-corrected chi connectivity index (χ3v) is 4.41. The monoisotopic (exact) mass is 353 g/mol. The second-order valence-electron chi connectivity index (χ2n) is 5.81. The standard InChI is InChI=1S/C19H20ClN5/c1-14-16(20)4-3-5-17(14)23-18-8-12-22-19(24-18)25(2)13-9-15-6-10-21-11-7-15/h3-8,10-12H,9,13H2,1-2H3,(H,22,23,24). The molecule has 0 bridgehead atoms. The van der Waals surface area contributed by atoms with E-state index in [1.54, 1.807) is 6.20 Å². The number of pyridine rings is 1. The van der Waals surface area contributed by atoms with Gasteiger partial charge < -0.3 is 10.2 Å². The predicted molar refractivity (Wildman–Crippen MR) is 103 cm³/mol. The first kappa shape index (κ1) is 17.2. The molecular formula is C19H20ClN5. The Morgan fingerprint density at radius 1 is 1.08 bits per heavy atom. The highest BCUT2D eigenvalue weighted by Gasteiger charge is 2.08. The summed E-state index contributed by atoms with van der Waals surface area (Å²) < 4.78 is 0. The molecule has 128 valence electrons. The van der Waals surface area contributed by atoms with Crippen LogP contribution >= 0.6 is 11.6 Å². The van der Waals surface area contributed by atoms with Crippen molar-refractivity contribution in [2.24, 2.45) is 0 Å². The first-order valence-corrected chi connectivity index (χ1v) is 8.46. The van der Waals surface area contributed by atoms with Gasteiger partial charge in [0.15, 0.2) is 0 Å². The second-order valence-corrected chi connectivity index (χ2v) is 6.21. The van der Waals surface area contributed by atoms with Crippen LogP contribution in [0.15, 0.2) is 55.0 Å². The van der Waals surface area contributed by atoms with Crippen LogP contribution in [0.5, 0.6) is 0 Å². The van der Waals surface area contributed by atoms with Crippen molar-refractivity contribution in [1.82, 2.24) is 15.0 Å². The van der Waals surface area contributed by atoms with Crippen molar-refractivity contribution >= 4 is 29.1 Å². The van der Waals surface area contributed by atoms with Gasteiger partial charge in [-0.2, -0.15) is 4.98 Å². The number of anilines is 3. The summed E-state index contributed by atoms with van der Waals surface area (Å²) >= 11 is 6.18. The van der Waals surface area contributed by atoms with Gasteiger partial charge in [-0.3, -0.25) is 4.98 Å². The van der Waals surface area contributed by atoms with E-state index in [1.807, 2.05) is 67.7 Å². The van der Waals surface area contributed by atoms with Gasteiger partial charge >= 0.3 is 0 Å². The van der Waals surface area contributed by atoms with Crippen LogP contribution in [0, 0.1) is 6.92 Å². The summed E-state index contributed by atoms with van der Waals surface area (Å²) in [5.74, 6) is 1.42.